The van der Waals surface area contributed by atoms with E-state index in [0.717, 1.165) is 25.3 Å². The summed E-state index contributed by atoms with van der Waals surface area (Å²) in [6.07, 6.45) is 2.03. The molecule has 1 N–H and O–H groups in total. The summed E-state index contributed by atoms with van der Waals surface area (Å²) < 4.78 is 1.93. The Morgan fingerprint density at radius 3 is 2.50 bits per heavy atom. The quantitative estimate of drug-likeness (QED) is 0.832. The lowest BCUT2D eigenvalue weighted by atomic mass is 9.87. The highest BCUT2D eigenvalue weighted by molar-refractivity contribution is 4.92. The van der Waals surface area contributed by atoms with Gasteiger partial charge in [0.05, 0.1) is 12.2 Å². The summed E-state index contributed by atoms with van der Waals surface area (Å²) in [6, 6.07) is 1.01. The lowest BCUT2D eigenvalue weighted by molar-refractivity contribution is 0.135. The summed E-state index contributed by atoms with van der Waals surface area (Å²) in [5, 5.41) is 11.7. The van der Waals surface area contributed by atoms with Crippen molar-refractivity contribution in [3.05, 3.63) is 11.9 Å². The molecule has 0 aliphatic carbocycles. The van der Waals surface area contributed by atoms with Crippen LogP contribution in [-0.2, 0) is 13.1 Å². The third-order valence-corrected chi connectivity index (χ3v) is 3.87. The average molecular weight is 281 g/mol. The van der Waals surface area contributed by atoms with Crippen molar-refractivity contribution in [3.8, 4) is 0 Å². The summed E-state index contributed by atoms with van der Waals surface area (Å²) >= 11 is 0. The molecule has 1 aromatic rings. The maximum absolute atomic E-state index is 4.19. The van der Waals surface area contributed by atoms with E-state index in [1.54, 1.807) is 0 Å². The number of rotatable bonds is 7. The number of likely N-dealkylation sites (N-methyl/N-ethyl adjacent to an activating group) is 1. The molecule has 1 unspecified atom stereocenters. The molecule has 0 saturated carbocycles. The van der Waals surface area contributed by atoms with Gasteiger partial charge in [-0.15, -0.1) is 5.10 Å². The van der Waals surface area contributed by atoms with Crippen LogP contribution in [0.3, 0.4) is 0 Å². The minimum atomic E-state index is 0.295. The van der Waals surface area contributed by atoms with Gasteiger partial charge < -0.3 is 10.2 Å². The molecule has 5 nitrogen and oxygen atoms in total. The van der Waals surface area contributed by atoms with Crippen LogP contribution in [0.4, 0.5) is 0 Å². The maximum Gasteiger partial charge on any atom is 0.0964 e. The highest BCUT2D eigenvalue weighted by Crippen LogP contribution is 2.22. The predicted molar refractivity (Wildman–Crippen MR) is 83.5 cm³/mol. The second kappa shape index (κ2) is 7.18. The van der Waals surface area contributed by atoms with Gasteiger partial charge in [-0.25, -0.2) is 0 Å². The molecular formula is C15H31N5. The normalized spacial score (nSPS) is 14.2. The van der Waals surface area contributed by atoms with Crippen molar-refractivity contribution in [2.75, 3.05) is 13.6 Å². The molecule has 0 saturated heterocycles. The topological polar surface area (TPSA) is 46.0 Å². The molecule has 0 spiro atoms. The lowest BCUT2D eigenvalue weighted by Crippen LogP contribution is -2.40. The molecule has 1 aromatic heterocycles. The van der Waals surface area contributed by atoms with Gasteiger partial charge in [-0.1, -0.05) is 39.8 Å². The standard InChI is InChI=1S/C15H31N5/c1-12(2)16-10-14-11-20(18-17-14)9-8-19(7)13(3)15(4,5)6/h11-13,16H,8-10H2,1-7H3. The van der Waals surface area contributed by atoms with E-state index in [4.69, 9.17) is 0 Å². The molecule has 1 atom stereocenters. The Hall–Kier alpha value is -0.940. The second-order valence-corrected chi connectivity index (χ2v) is 7.03. The van der Waals surface area contributed by atoms with Crippen LogP contribution in [0.25, 0.3) is 0 Å². The van der Waals surface area contributed by atoms with Crippen molar-refractivity contribution >= 4 is 0 Å². The van der Waals surface area contributed by atoms with Crippen LogP contribution >= 0.6 is 0 Å². The third-order valence-electron chi connectivity index (χ3n) is 3.87. The molecule has 5 heteroatoms. The van der Waals surface area contributed by atoms with Gasteiger partial charge >= 0.3 is 0 Å². The van der Waals surface area contributed by atoms with Crippen molar-refractivity contribution in [2.45, 2.75) is 66.7 Å². The van der Waals surface area contributed by atoms with Crippen LogP contribution in [0.5, 0.6) is 0 Å². The zero-order valence-corrected chi connectivity index (χ0v) is 14.1. The molecule has 0 bridgehead atoms. The fourth-order valence-electron chi connectivity index (χ4n) is 1.95. The lowest BCUT2D eigenvalue weighted by Gasteiger charge is -2.35. The maximum atomic E-state index is 4.19. The molecule has 0 fully saturated rings. The number of nitrogens with one attached hydrogen (secondary N) is 1. The van der Waals surface area contributed by atoms with Crippen molar-refractivity contribution in [2.24, 2.45) is 5.41 Å². The fourth-order valence-corrected chi connectivity index (χ4v) is 1.95. The first kappa shape index (κ1) is 17.1. The number of aromatic nitrogens is 3. The zero-order valence-electron chi connectivity index (χ0n) is 14.1. The van der Waals surface area contributed by atoms with E-state index in [9.17, 15) is 0 Å². The monoisotopic (exact) mass is 281 g/mol. The Morgan fingerprint density at radius 2 is 1.95 bits per heavy atom. The highest BCUT2D eigenvalue weighted by Gasteiger charge is 2.23. The number of hydrogen-bond donors (Lipinski definition) is 1. The first-order valence-electron chi connectivity index (χ1n) is 7.52. The summed E-state index contributed by atoms with van der Waals surface area (Å²) in [7, 11) is 2.17. The van der Waals surface area contributed by atoms with E-state index < -0.39 is 0 Å². The van der Waals surface area contributed by atoms with Gasteiger partial charge in [-0.3, -0.25) is 4.68 Å². The van der Waals surface area contributed by atoms with Gasteiger partial charge in [0.2, 0.25) is 0 Å². The zero-order chi connectivity index (χ0) is 15.3. The highest BCUT2D eigenvalue weighted by atomic mass is 15.4. The Bertz CT molecular complexity index is 391. The third kappa shape index (κ3) is 5.59. The van der Waals surface area contributed by atoms with E-state index in [-0.39, 0.29) is 0 Å². The van der Waals surface area contributed by atoms with Crippen LogP contribution in [0, 0.1) is 5.41 Å². The van der Waals surface area contributed by atoms with Crippen molar-refractivity contribution < 1.29 is 0 Å². The van der Waals surface area contributed by atoms with Gasteiger partial charge in [0.15, 0.2) is 0 Å². The van der Waals surface area contributed by atoms with E-state index in [0.29, 0.717) is 17.5 Å². The summed E-state index contributed by atoms with van der Waals surface area (Å²) in [6.45, 7) is 16.0. The van der Waals surface area contributed by atoms with E-state index in [2.05, 4.69) is 69.1 Å². The average Bonchev–Trinajstić information content (AvgIpc) is 2.79. The predicted octanol–water partition coefficient (Wildman–Crippen LogP) is 2.14. The van der Waals surface area contributed by atoms with Gasteiger partial charge in [0.1, 0.15) is 0 Å². The SMILES string of the molecule is CC(C)NCc1cn(CCN(C)C(C)C(C)(C)C)nn1. The number of hydrogen-bond acceptors (Lipinski definition) is 4. The number of nitrogens with zero attached hydrogens (tertiary/aromatic N) is 4. The fraction of sp³-hybridized carbons (Fsp3) is 0.867. The Kier molecular flexibility index (Phi) is 6.14. The Morgan fingerprint density at radius 1 is 1.30 bits per heavy atom. The van der Waals surface area contributed by atoms with Crippen molar-refractivity contribution in [1.82, 2.24) is 25.2 Å². The largest absolute Gasteiger partial charge is 0.309 e. The minimum absolute atomic E-state index is 0.295. The van der Waals surface area contributed by atoms with E-state index >= 15 is 0 Å². The van der Waals surface area contributed by atoms with Crippen molar-refractivity contribution in [1.29, 1.82) is 0 Å². The van der Waals surface area contributed by atoms with Gasteiger partial charge in [0, 0.05) is 31.4 Å². The molecule has 0 aliphatic heterocycles. The van der Waals surface area contributed by atoms with Crippen LogP contribution < -0.4 is 5.32 Å². The first-order chi connectivity index (χ1) is 9.20. The molecule has 1 rings (SSSR count). The molecule has 1 heterocycles. The Balaban J connectivity index is 2.42. The van der Waals surface area contributed by atoms with Crippen LogP contribution in [0.1, 0.15) is 47.2 Å². The van der Waals surface area contributed by atoms with Crippen LogP contribution in [-0.4, -0.2) is 45.6 Å². The van der Waals surface area contributed by atoms with Gasteiger partial charge in [-0.2, -0.15) is 0 Å². The van der Waals surface area contributed by atoms with Crippen LogP contribution in [0.15, 0.2) is 6.20 Å². The molecule has 0 radical (unpaired) electrons. The van der Waals surface area contributed by atoms with Crippen LogP contribution in [0.2, 0.25) is 0 Å². The second-order valence-electron chi connectivity index (χ2n) is 7.03. The molecule has 0 aromatic carbocycles. The van der Waals surface area contributed by atoms with E-state index in [1.807, 2.05) is 10.9 Å². The first-order valence-corrected chi connectivity index (χ1v) is 7.52. The molecule has 0 amide bonds. The molecule has 20 heavy (non-hydrogen) atoms. The summed E-state index contributed by atoms with van der Waals surface area (Å²) in [5.74, 6) is 0. The van der Waals surface area contributed by atoms with Gasteiger partial charge in [0.25, 0.3) is 0 Å². The minimum Gasteiger partial charge on any atom is -0.309 e. The van der Waals surface area contributed by atoms with Gasteiger partial charge in [-0.05, 0) is 19.4 Å². The summed E-state index contributed by atoms with van der Waals surface area (Å²) in [5.41, 5.74) is 1.30. The smallest absolute Gasteiger partial charge is 0.0964 e. The van der Waals surface area contributed by atoms with E-state index in [1.165, 1.54) is 0 Å². The van der Waals surface area contributed by atoms with Crippen molar-refractivity contribution in [3.63, 3.8) is 0 Å². The Labute approximate surface area is 123 Å². The summed E-state index contributed by atoms with van der Waals surface area (Å²) in [4.78, 5) is 2.38. The molecule has 0 aliphatic rings. The molecular weight excluding hydrogens is 250 g/mol. The molecule has 116 valence electrons.